The van der Waals surface area contributed by atoms with Gasteiger partial charge in [-0.25, -0.2) is 0 Å². The van der Waals surface area contributed by atoms with Gasteiger partial charge in [0, 0.05) is 0 Å². The van der Waals surface area contributed by atoms with Gasteiger partial charge in [-0.3, -0.25) is 0 Å². The summed E-state index contributed by atoms with van der Waals surface area (Å²) in [7, 11) is 0. The van der Waals surface area contributed by atoms with E-state index in [-0.39, 0.29) is 11.5 Å². The number of hydrogen-bond donors (Lipinski definition) is 1. The Hall–Kier alpha value is -0.560. The molecular formula is C21H34O. The summed E-state index contributed by atoms with van der Waals surface area (Å²) in [6, 6.07) is 0. The molecule has 0 heterocycles. The van der Waals surface area contributed by atoms with Crippen molar-refractivity contribution in [2.75, 3.05) is 0 Å². The molecule has 0 aromatic rings. The summed E-state index contributed by atoms with van der Waals surface area (Å²) in [5.74, 6) is 1.39. The van der Waals surface area contributed by atoms with Crippen LogP contribution in [0.5, 0.6) is 0 Å². The molecule has 0 aliphatic heterocycles. The number of hydrogen-bond acceptors (Lipinski definition) is 1. The molecule has 2 unspecified atom stereocenters. The number of fused-ring (bicyclic) bond motifs is 3. The second kappa shape index (κ2) is 5.23. The molecule has 3 aliphatic carbocycles. The van der Waals surface area contributed by atoms with Crippen molar-refractivity contribution < 1.29 is 5.11 Å². The van der Waals surface area contributed by atoms with Gasteiger partial charge in [0.05, 0.1) is 6.10 Å². The van der Waals surface area contributed by atoms with E-state index in [4.69, 9.17) is 0 Å². The molecule has 0 spiro atoms. The van der Waals surface area contributed by atoms with Crippen molar-refractivity contribution in [1.82, 2.24) is 0 Å². The molecule has 2 saturated carbocycles. The number of aliphatic hydroxyl groups excluding tert-OH is 1. The van der Waals surface area contributed by atoms with Crippen molar-refractivity contribution in [1.29, 1.82) is 0 Å². The molecule has 22 heavy (non-hydrogen) atoms. The Bertz CT molecular complexity index is 490. The molecule has 1 N–H and O–H groups in total. The minimum absolute atomic E-state index is 0.0952. The Kier molecular flexibility index (Phi) is 3.87. The summed E-state index contributed by atoms with van der Waals surface area (Å²) in [4.78, 5) is 0. The Morgan fingerprint density at radius 1 is 1.27 bits per heavy atom. The zero-order valence-electron chi connectivity index (χ0n) is 15.0. The predicted octanol–water partition coefficient (Wildman–Crippen LogP) is 5.50. The lowest BCUT2D eigenvalue weighted by atomic mass is 9.45. The van der Waals surface area contributed by atoms with Gasteiger partial charge in [0.2, 0.25) is 0 Å². The summed E-state index contributed by atoms with van der Waals surface area (Å²) in [5, 5.41) is 10.5. The van der Waals surface area contributed by atoms with Gasteiger partial charge in [-0.2, -0.15) is 0 Å². The summed E-state index contributed by atoms with van der Waals surface area (Å²) < 4.78 is 0. The second-order valence-electron chi connectivity index (χ2n) is 9.21. The van der Waals surface area contributed by atoms with E-state index in [1.165, 1.54) is 38.5 Å². The summed E-state index contributed by atoms with van der Waals surface area (Å²) in [5.41, 5.74) is 2.43. The van der Waals surface area contributed by atoms with Crippen LogP contribution in [0.3, 0.4) is 0 Å². The topological polar surface area (TPSA) is 20.2 Å². The van der Waals surface area contributed by atoms with E-state index in [1.807, 2.05) is 6.92 Å². The van der Waals surface area contributed by atoms with Gasteiger partial charge in [0.1, 0.15) is 0 Å². The SMILES string of the molecule is C=C[C@]1(C)CC=C2C(CCC3[C@@](C)([C@H](C)O)CCC[C@]23C)C1. The second-order valence-corrected chi connectivity index (χ2v) is 9.21. The third-order valence-electron chi connectivity index (χ3n) is 7.83. The fourth-order valence-corrected chi connectivity index (χ4v) is 6.16. The van der Waals surface area contributed by atoms with Gasteiger partial charge >= 0.3 is 0 Å². The predicted molar refractivity (Wildman–Crippen MR) is 93.6 cm³/mol. The van der Waals surface area contributed by atoms with Crippen LogP contribution in [0.15, 0.2) is 24.3 Å². The average molecular weight is 303 g/mol. The summed E-state index contributed by atoms with van der Waals surface area (Å²) in [6.45, 7) is 13.3. The quantitative estimate of drug-likeness (QED) is 0.667. The van der Waals surface area contributed by atoms with Gasteiger partial charge in [-0.15, -0.1) is 6.58 Å². The van der Waals surface area contributed by atoms with Crippen LogP contribution in [0.4, 0.5) is 0 Å². The van der Waals surface area contributed by atoms with Gasteiger partial charge in [-0.05, 0) is 73.5 Å². The molecule has 0 saturated heterocycles. The molecule has 2 fully saturated rings. The van der Waals surface area contributed by atoms with E-state index in [2.05, 4.69) is 39.5 Å². The van der Waals surface area contributed by atoms with Crippen molar-refractivity contribution in [2.24, 2.45) is 28.1 Å². The lowest BCUT2D eigenvalue weighted by Gasteiger charge is -2.60. The number of rotatable bonds is 2. The van der Waals surface area contributed by atoms with Crippen LogP contribution in [-0.2, 0) is 0 Å². The van der Waals surface area contributed by atoms with Gasteiger partial charge in [0.15, 0.2) is 0 Å². The van der Waals surface area contributed by atoms with E-state index >= 15 is 0 Å². The highest BCUT2D eigenvalue weighted by atomic mass is 16.3. The van der Waals surface area contributed by atoms with Gasteiger partial charge in [0.25, 0.3) is 0 Å². The van der Waals surface area contributed by atoms with E-state index in [9.17, 15) is 5.11 Å². The van der Waals surface area contributed by atoms with E-state index in [0.717, 1.165) is 12.3 Å². The van der Waals surface area contributed by atoms with Gasteiger partial charge in [-0.1, -0.05) is 44.9 Å². The van der Waals surface area contributed by atoms with Crippen LogP contribution >= 0.6 is 0 Å². The summed E-state index contributed by atoms with van der Waals surface area (Å²) in [6.07, 6.45) is 13.3. The molecular weight excluding hydrogens is 268 g/mol. The lowest BCUT2D eigenvalue weighted by Crippen LogP contribution is -2.53. The van der Waals surface area contributed by atoms with Crippen molar-refractivity contribution in [3.63, 3.8) is 0 Å². The normalized spacial score (nSPS) is 49.6. The monoisotopic (exact) mass is 302 g/mol. The third-order valence-corrected chi connectivity index (χ3v) is 7.83. The largest absolute Gasteiger partial charge is 0.393 e. The number of aliphatic hydroxyl groups is 1. The molecule has 0 aromatic heterocycles. The summed E-state index contributed by atoms with van der Waals surface area (Å²) >= 11 is 0. The zero-order valence-corrected chi connectivity index (χ0v) is 15.0. The van der Waals surface area contributed by atoms with E-state index < -0.39 is 0 Å². The first kappa shape index (κ1) is 16.3. The smallest absolute Gasteiger partial charge is 0.0568 e. The maximum atomic E-state index is 10.5. The zero-order chi connectivity index (χ0) is 16.2. The van der Waals surface area contributed by atoms with E-state index in [0.29, 0.717) is 16.7 Å². The Balaban J connectivity index is 1.98. The van der Waals surface area contributed by atoms with Crippen molar-refractivity contribution in [2.45, 2.75) is 78.7 Å². The van der Waals surface area contributed by atoms with Crippen LogP contribution in [0.2, 0.25) is 0 Å². The first-order chi connectivity index (χ1) is 10.3. The Morgan fingerprint density at radius 3 is 2.64 bits per heavy atom. The van der Waals surface area contributed by atoms with Crippen molar-refractivity contribution in [3.8, 4) is 0 Å². The van der Waals surface area contributed by atoms with Crippen LogP contribution in [0.1, 0.15) is 72.6 Å². The molecule has 0 radical (unpaired) electrons. The average Bonchev–Trinajstić information content (AvgIpc) is 2.46. The molecule has 0 aromatic carbocycles. The maximum Gasteiger partial charge on any atom is 0.0568 e. The fourth-order valence-electron chi connectivity index (χ4n) is 6.16. The fraction of sp³-hybridized carbons (Fsp3) is 0.810. The molecule has 0 amide bonds. The van der Waals surface area contributed by atoms with E-state index in [1.54, 1.807) is 5.57 Å². The van der Waals surface area contributed by atoms with Crippen LogP contribution < -0.4 is 0 Å². The first-order valence-corrected chi connectivity index (χ1v) is 9.27. The number of allylic oxidation sites excluding steroid dienone is 3. The van der Waals surface area contributed by atoms with Crippen molar-refractivity contribution in [3.05, 3.63) is 24.3 Å². The van der Waals surface area contributed by atoms with Crippen LogP contribution in [-0.4, -0.2) is 11.2 Å². The van der Waals surface area contributed by atoms with Crippen LogP contribution in [0, 0.1) is 28.1 Å². The minimum Gasteiger partial charge on any atom is -0.393 e. The molecule has 6 atom stereocenters. The molecule has 1 nitrogen and oxygen atoms in total. The molecule has 0 bridgehead atoms. The highest BCUT2D eigenvalue weighted by molar-refractivity contribution is 5.28. The Morgan fingerprint density at radius 2 is 2.00 bits per heavy atom. The highest BCUT2D eigenvalue weighted by Gasteiger charge is 2.56. The molecule has 3 aliphatic rings. The maximum absolute atomic E-state index is 10.5. The molecule has 3 rings (SSSR count). The van der Waals surface area contributed by atoms with Gasteiger partial charge < -0.3 is 5.11 Å². The third kappa shape index (κ3) is 2.23. The molecule has 1 heteroatoms. The Labute approximate surface area is 136 Å². The van der Waals surface area contributed by atoms with Crippen molar-refractivity contribution >= 4 is 0 Å². The highest BCUT2D eigenvalue weighted by Crippen LogP contribution is 2.64. The minimum atomic E-state index is -0.198. The van der Waals surface area contributed by atoms with Crippen LogP contribution in [0.25, 0.3) is 0 Å². The molecule has 124 valence electrons. The first-order valence-electron chi connectivity index (χ1n) is 9.27. The standard InChI is InChI=1S/C21H34O/c1-6-19(3)13-10-17-16(14-19)8-9-18-20(4,15(2)22)11-7-12-21(17,18)5/h6,10,15-16,18,22H,1,7-9,11-14H2,2-5H3/t15-,16?,18?,19+,20+,21+/m0/s1. The lowest BCUT2D eigenvalue weighted by molar-refractivity contribution is -0.0918.